The van der Waals surface area contributed by atoms with Crippen molar-refractivity contribution in [3.8, 4) is 0 Å². The van der Waals surface area contributed by atoms with Crippen LogP contribution in [0.1, 0.15) is 43.8 Å². The van der Waals surface area contributed by atoms with E-state index >= 15 is 0 Å². The zero-order valence-electron chi connectivity index (χ0n) is 13.1. The van der Waals surface area contributed by atoms with Crippen LogP contribution in [0, 0.1) is 5.92 Å². The Bertz CT molecular complexity index is 485. The number of nitrogens with one attached hydrogen (secondary N) is 1. The highest BCUT2D eigenvalue weighted by Crippen LogP contribution is 2.29. The van der Waals surface area contributed by atoms with Gasteiger partial charge in [-0.15, -0.1) is 0 Å². The Labute approximate surface area is 132 Å². The third-order valence-electron chi connectivity index (χ3n) is 4.99. The molecule has 0 spiro atoms. The number of carbonyl (C=O) groups is 1. The van der Waals surface area contributed by atoms with Crippen LogP contribution in [0.2, 0.25) is 0 Å². The van der Waals surface area contributed by atoms with Gasteiger partial charge in [0.2, 0.25) is 5.91 Å². The number of hydrogen-bond donors (Lipinski definition) is 2. The Morgan fingerprint density at radius 1 is 1.27 bits per heavy atom. The van der Waals surface area contributed by atoms with Gasteiger partial charge in [-0.2, -0.15) is 0 Å². The Morgan fingerprint density at radius 2 is 2.09 bits per heavy atom. The largest absolute Gasteiger partial charge is 0.388 e. The van der Waals surface area contributed by atoms with Crippen molar-refractivity contribution < 1.29 is 9.90 Å². The van der Waals surface area contributed by atoms with Gasteiger partial charge in [0.15, 0.2) is 0 Å². The lowest BCUT2D eigenvalue weighted by molar-refractivity contribution is -0.137. The zero-order valence-corrected chi connectivity index (χ0v) is 13.1. The number of aliphatic hydroxyl groups excluding tert-OH is 1. The maximum atomic E-state index is 12.7. The first-order valence-electron chi connectivity index (χ1n) is 8.50. The molecule has 3 rings (SSSR count). The summed E-state index contributed by atoms with van der Waals surface area (Å²) in [5.74, 6) is 0.415. The van der Waals surface area contributed by atoms with Crippen molar-refractivity contribution in [2.45, 2.75) is 44.2 Å². The van der Waals surface area contributed by atoms with Crippen molar-refractivity contribution in [3.63, 3.8) is 0 Å². The summed E-state index contributed by atoms with van der Waals surface area (Å²) in [5, 5.41) is 13.8. The van der Waals surface area contributed by atoms with Crippen molar-refractivity contribution in [2.24, 2.45) is 5.92 Å². The van der Waals surface area contributed by atoms with Gasteiger partial charge in [-0.3, -0.25) is 4.79 Å². The number of amides is 1. The molecule has 2 aliphatic rings. The molecule has 0 radical (unpaired) electrons. The van der Waals surface area contributed by atoms with Gasteiger partial charge in [-0.05, 0) is 44.2 Å². The fourth-order valence-corrected chi connectivity index (χ4v) is 3.74. The van der Waals surface area contributed by atoms with Gasteiger partial charge in [0.25, 0.3) is 0 Å². The summed E-state index contributed by atoms with van der Waals surface area (Å²) < 4.78 is 0. The second-order valence-corrected chi connectivity index (χ2v) is 6.53. The first-order valence-corrected chi connectivity index (χ1v) is 8.50. The fourth-order valence-electron chi connectivity index (χ4n) is 3.74. The number of piperidine rings is 1. The molecule has 0 aliphatic carbocycles. The molecular weight excluding hydrogens is 276 g/mol. The van der Waals surface area contributed by atoms with E-state index in [9.17, 15) is 9.90 Å². The number of hydrogen-bond acceptors (Lipinski definition) is 3. The lowest BCUT2D eigenvalue weighted by Crippen LogP contribution is -2.45. The van der Waals surface area contributed by atoms with E-state index in [4.69, 9.17) is 0 Å². The van der Waals surface area contributed by atoms with E-state index in [-0.39, 0.29) is 17.9 Å². The number of carbonyl (C=O) groups excluding carboxylic acids is 1. The van der Waals surface area contributed by atoms with Gasteiger partial charge < -0.3 is 15.3 Å². The highest BCUT2D eigenvalue weighted by atomic mass is 16.3. The van der Waals surface area contributed by atoms with Crippen molar-refractivity contribution in [1.82, 2.24) is 10.2 Å². The predicted octanol–water partition coefficient (Wildman–Crippen LogP) is 2.10. The minimum atomic E-state index is -0.482. The standard InChI is InChI=1S/C18H26N2O2/c21-17(14-6-2-1-3-7-14)12-16-9-5-11-20(16)18(22)15-8-4-10-19-13-15/h1-3,6-7,15-17,19,21H,4-5,8-13H2. The average molecular weight is 302 g/mol. The molecule has 4 heteroatoms. The first-order chi connectivity index (χ1) is 10.8. The summed E-state index contributed by atoms with van der Waals surface area (Å²) >= 11 is 0. The van der Waals surface area contributed by atoms with Crippen LogP contribution in [0.15, 0.2) is 30.3 Å². The van der Waals surface area contributed by atoms with Gasteiger partial charge in [0.05, 0.1) is 12.0 Å². The summed E-state index contributed by atoms with van der Waals surface area (Å²) in [6.45, 7) is 2.69. The normalized spacial score (nSPS) is 26.9. The maximum absolute atomic E-state index is 12.7. The predicted molar refractivity (Wildman–Crippen MR) is 86.3 cm³/mol. The average Bonchev–Trinajstić information content (AvgIpc) is 3.04. The van der Waals surface area contributed by atoms with Gasteiger partial charge in [-0.25, -0.2) is 0 Å². The Balaban J connectivity index is 1.61. The van der Waals surface area contributed by atoms with Crippen LogP contribution < -0.4 is 5.32 Å². The van der Waals surface area contributed by atoms with Gasteiger partial charge in [0, 0.05) is 19.1 Å². The molecule has 1 aromatic rings. The SMILES string of the molecule is O=C(C1CCCNC1)N1CCCC1CC(O)c1ccccc1. The molecule has 120 valence electrons. The minimum absolute atomic E-state index is 0.128. The molecule has 0 bridgehead atoms. The lowest BCUT2D eigenvalue weighted by atomic mass is 9.96. The molecule has 1 aromatic carbocycles. The number of benzene rings is 1. The molecule has 2 N–H and O–H groups in total. The van der Waals surface area contributed by atoms with Crippen LogP contribution in [-0.2, 0) is 4.79 Å². The van der Waals surface area contributed by atoms with Crippen molar-refractivity contribution >= 4 is 5.91 Å². The maximum Gasteiger partial charge on any atom is 0.227 e. The van der Waals surface area contributed by atoms with E-state index in [0.717, 1.165) is 50.9 Å². The zero-order chi connectivity index (χ0) is 15.4. The number of likely N-dealkylation sites (tertiary alicyclic amines) is 1. The van der Waals surface area contributed by atoms with Crippen LogP contribution in [0.5, 0.6) is 0 Å². The molecule has 2 aliphatic heterocycles. The molecule has 3 unspecified atom stereocenters. The number of rotatable bonds is 4. The third kappa shape index (κ3) is 3.50. The highest BCUT2D eigenvalue weighted by molar-refractivity contribution is 5.79. The molecular formula is C18H26N2O2. The van der Waals surface area contributed by atoms with E-state index < -0.39 is 6.10 Å². The van der Waals surface area contributed by atoms with Crippen LogP contribution in [0.3, 0.4) is 0 Å². The smallest absolute Gasteiger partial charge is 0.227 e. The molecule has 1 amide bonds. The second-order valence-electron chi connectivity index (χ2n) is 6.53. The topological polar surface area (TPSA) is 52.6 Å². The number of aliphatic hydroxyl groups is 1. The first kappa shape index (κ1) is 15.5. The third-order valence-corrected chi connectivity index (χ3v) is 4.99. The molecule has 2 heterocycles. The molecule has 0 aromatic heterocycles. The molecule has 0 saturated carbocycles. The quantitative estimate of drug-likeness (QED) is 0.895. The van der Waals surface area contributed by atoms with Crippen LogP contribution in [0.4, 0.5) is 0 Å². The van der Waals surface area contributed by atoms with E-state index in [1.807, 2.05) is 35.2 Å². The molecule has 2 saturated heterocycles. The molecule has 2 fully saturated rings. The summed E-state index contributed by atoms with van der Waals surface area (Å²) in [4.78, 5) is 14.8. The Hall–Kier alpha value is -1.39. The molecule has 3 atom stereocenters. The fraction of sp³-hybridized carbons (Fsp3) is 0.611. The van der Waals surface area contributed by atoms with Gasteiger partial charge in [-0.1, -0.05) is 30.3 Å². The van der Waals surface area contributed by atoms with Crippen LogP contribution >= 0.6 is 0 Å². The van der Waals surface area contributed by atoms with E-state index in [2.05, 4.69) is 5.32 Å². The summed E-state index contributed by atoms with van der Waals surface area (Å²) in [6.07, 6.45) is 4.31. The van der Waals surface area contributed by atoms with Crippen molar-refractivity contribution in [3.05, 3.63) is 35.9 Å². The van der Waals surface area contributed by atoms with Crippen LogP contribution in [0.25, 0.3) is 0 Å². The van der Waals surface area contributed by atoms with Crippen molar-refractivity contribution in [1.29, 1.82) is 0 Å². The monoisotopic (exact) mass is 302 g/mol. The molecule has 4 nitrogen and oxygen atoms in total. The summed E-state index contributed by atoms with van der Waals surface area (Å²) in [5.41, 5.74) is 0.945. The Kier molecular flexibility index (Phi) is 5.11. The summed E-state index contributed by atoms with van der Waals surface area (Å²) in [7, 11) is 0. The van der Waals surface area contributed by atoms with Gasteiger partial charge in [0.1, 0.15) is 0 Å². The van der Waals surface area contributed by atoms with Crippen molar-refractivity contribution in [2.75, 3.05) is 19.6 Å². The van der Waals surface area contributed by atoms with Crippen LogP contribution in [-0.4, -0.2) is 41.6 Å². The minimum Gasteiger partial charge on any atom is -0.388 e. The van der Waals surface area contributed by atoms with E-state index in [1.165, 1.54) is 0 Å². The number of nitrogens with zero attached hydrogens (tertiary/aromatic N) is 1. The summed E-state index contributed by atoms with van der Waals surface area (Å²) in [6, 6.07) is 9.95. The van der Waals surface area contributed by atoms with Gasteiger partial charge >= 0.3 is 0 Å². The highest BCUT2D eigenvalue weighted by Gasteiger charge is 2.34. The second kappa shape index (κ2) is 7.25. The Morgan fingerprint density at radius 3 is 2.82 bits per heavy atom. The molecule has 22 heavy (non-hydrogen) atoms. The van der Waals surface area contributed by atoms with E-state index in [1.54, 1.807) is 0 Å². The van der Waals surface area contributed by atoms with E-state index in [0.29, 0.717) is 6.42 Å². The lowest BCUT2D eigenvalue weighted by Gasteiger charge is -2.32.